The van der Waals surface area contributed by atoms with Gasteiger partial charge in [-0.15, -0.1) is 10.2 Å². The Hall–Kier alpha value is -2.95. The molecule has 0 atom stereocenters. The first-order valence-corrected chi connectivity index (χ1v) is 9.42. The van der Waals surface area contributed by atoms with Crippen LogP contribution in [0.5, 0.6) is 11.5 Å². The van der Waals surface area contributed by atoms with Crippen molar-refractivity contribution in [2.75, 3.05) is 27.4 Å². The summed E-state index contributed by atoms with van der Waals surface area (Å²) in [6.45, 7) is 0.663. The molecule has 1 heterocycles. The lowest BCUT2D eigenvalue weighted by molar-refractivity contribution is -0.0504. The zero-order chi connectivity index (χ0) is 21.9. The van der Waals surface area contributed by atoms with Crippen molar-refractivity contribution >= 4 is 5.96 Å². The van der Waals surface area contributed by atoms with Gasteiger partial charge in [-0.1, -0.05) is 0 Å². The Morgan fingerprint density at radius 3 is 2.67 bits per heavy atom. The fourth-order valence-electron chi connectivity index (χ4n) is 2.55. The van der Waals surface area contributed by atoms with Gasteiger partial charge in [0.15, 0.2) is 11.8 Å². The normalized spacial score (nSPS) is 11.6. The van der Waals surface area contributed by atoms with E-state index in [1.165, 1.54) is 13.2 Å². The fourth-order valence-corrected chi connectivity index (χ4v) is 2.55. The molecule has 0 bridgehead atoms. The second-order valence-corrected chi connectivity index (χ2v) is 6.37. The molecule has 0 aliphatic heterocycles. The highest BCUT2D eigenvalue weighted by Crippen LogP contribution is 2.26. The van der Waals surface area contributed by atoms with Gasteiger partial charge in [-0.2, -0.15) is 8.78 Å². The molecule has 1 aromatic carbocycles. The SMILES string of the molecule is COCCCNC(=NCc1cc(OC)ccc1OC(F)F)NCc1nnc(C)n1C. The van der Waals surface area contributed by atoms with Crippen LogP contribution in [0.1, 0.15) is 23.6 Å². The van der Waals surface area contributed by atoms with E-state index < -0.39 is 6.61 Å². The molecule has 0 saturated carbocycles. The van der Waals surface area contributed by atoms with Crippen LogP contribution in [0, 0.1) is 6.92 Å². The van der Waals surface area contributed by atoms with Crippen LogP contribution in [0.15, 0.2) is 23.2 Å². The molecule has 166 valence electrons. The van der Waals surface area contributed by atoms with Gasteiger partial charge in [0.05, 0.1) is 20.2 Å². The number of nitrogens with zero attached hydrogens (tertiary/aromatic N) is 4. The lowest BCUT2D eigenvalue weighted by Crippen LogP contribution is -2.38. The molecule has 0 fully saturated rings. The minimum atomic E-state index is -2.93. The van der Waals surface area contributed by atoms with Gasteiger partial charge in [0.25, 0.3) is 0 Å². The third-order valence-corrected chi connectivity index (χ3v) is 4.31. The quantitative estimate of drug-likeness (QED) is 0.322. The van der Waals surface area contributed by atoms with Gasteiger partial charge in [-0.25, -0.2) is 4.99 Å². The van der Waals surface area contributed by atoms with E-state index in [1.807, 2.05) is 18.5 Å². The number of ether oxygens (including phenoxy) is 3. The Morgan fingerprint density at radius 2 is 2.03 bits per heavy atom. The van der Waals surface area contributed by atoms with Crippen LogP contribution < -0.4 is 20.1 Å². The van der Waals surface area contributed by atoms with E-state index in [-0.39, 0.29) is 12.3 Å². The summed E-state index contributed by atoms with van der Waals surface area (Å²) >= 11 is 0. The summed E-state index contributed by atoms with van der Waals surface area (Å²) < 4.78 is 42.2. The zero-order valence-corrected chi connectivity index (χ0v) is 17.6. The molecule has 0 unspecified atom stereocenters. The molecule has 9 nitrogen and oxygen atoms in total. The molecule has 1 aromatic heterocycles. The van der Waals surface area contributed by atoms with E-state index in [2.05, 4.69) is 30.6 Å². The number of halogens is 2. The van der Waals surface area contributed by atoms with Crippen molar-refractivity contribution in [2.24, 2.45) is 12.0 Å². The number of methoxy groups -OCH3 is 2. The number of aryl methyl sites for hydroxylation is 1. The minimum absolute atomic E-state index is 0.0530. The Labute approximate surface area is 174 Å². The number of nitrogens with one attached hydrogen (secondary N) is 2. The average Bonchev–Trinajstić information content (AvgIpc) is 3.05. The molecule has 0 spiro atoms. The highest BCUT2D eigenvalue weighted by molar-refractivity contribution is 5.79. The Bertz CT molecular complexity index is 829. The van der Waals surface area contributed by atoms with Gasteiger partial charge in [-0.3, -0.25) is 0 Å². The maximum Gasteiger partial charge on any atom is 0.387 e. The molecule has 0 aliphatic rings. The molecule has 0 aliphatic carbocycles. The van der Waals surface area contributed by atoms with Gasteiger partial charge in [0.1, 0.15) is 17.3 Å². The Balaban J connectivity index is 2.14. The molecular formula is C19H28F2N6O3. The summed E-state index contributed by atoms with van der Waals surface area (Å²) in [5.74, 6) is 2.61. The standard InChI is InChI=1S/C19H28F2N6O3/c1-13-25-26-17(27(13)2)12-24-19(22-8-5-9-28-3)23-11-14-10-15(29-4)6-7-16(14)30-18(20)21/h6-7,10,18H,5,8-9,11-12H2,1-4H3,(H2,22,23,24). The highest BCUT2D eigenvalue weighted by Gasteiger charge is 2.12. The lowest BCUT2D eigenvalue weighted by atomic mass is 10.2. The van der Waals surface area contributed by atoms with Crippen LogP contribution in [0.3, 0.4) is 0 Å². The maximum atomic E-state index is 12.7. The third-order valence-electron chi connectivity index (χ3n) is 4.31. The molecule has 0 saturated heterocycles. The predicted octanol–water partition coefficient (Wildman–Crippen LogP) is 2.01. The summed E-state index contributed by atoms with van der Waals surface area (Å²) in [6.07, 6.45) is 0.777. The first-order chi connectivity index (χ1) is 14.4. The first kappa shape index (κ1) is 23.3. The van der Waals surface area contributed by atoms with Crippen LogP contribution in [-0.4, -0.2) is 54.7 Å². The van der Waals surface area contributed by atoms with E-state index >= 15 is 0 Å². The van der Waals surface area contributed by atoms with Crippen LogP contribution in [0.4, 0.5) is 8.78 Å². The minimum Gasteiger partial charge on any atom is -0.497 e. The van der Waals surface area contributed by atoms with Crippen molar-refractivity contribution in [1.82, 2.24) is 25.4 Å². The summed E-state index contributed by atoms with van der Waals surface area (Å²) in [5, 5.41) is 14.5. The van der Waals surface area contributed by atoms with Gasteiger partial charge in [0, 0.05) is 32.9 Å². The Kier molecular flexibility index (Phi) is 9.26. The average molecular weight is 426 g/mol. The van der Waals surface area contributed by atoms with Crippen molar-refractivity contribution < 1.29 is 23.0 Å². The summed E-state index contributed by atoms with van der Waals surface area (Å²) in [7, 11) is 5.01. The summed E-state index contributed by atoms with van der Waals surface area (Å²) in [4.78, 5) is 4.50. The van der Waals surface area contributed by atoms with Crippen molar-refractivity contribution in [1.29, 1.82) is 0 Å². The smallest absolute Gasteiger partial charge is 0.387 e. The molecule has 0 radical (unpaired) electrons. The van der Waals surface area contributed by atoms with E-state index in [9.17, 15) is 8.78 Å². The van der Waals surface area contributed by atoms with Crippen molar-refractivity contribution in [3.63, 3.8) is 0 Å². The van der Waals surface area contributed by atoms with Crippen LogP contribution in [-0.2, 0) is 24.9 Å². The van der Waals surface area contributed by atoms with E-state index in [0.717, 1.165) is 18.1 Å². The van der Waals surface area contributed by atoms with Crippen molar-refractivity contribution in [3.05, 3.63) is 35.4 Å². The molecule has 2 rings (SSSR count). The molecular weight excluding hydrogens is 398 g/mol. The number of benzene rings is 1. The van der Waals surface area contributed by atoms with Crippen molar-refractivity contribution in [3.8, 4) is 11.5 Å². The summed E-state index contributed by atoms with van der Waals surface area (Å²) in [5.41, 5.74) is 0.474. The second kappa shape index (κ2) is 11.9. The fraction of sp³-hybridized carbons (Fsp3) is 0.526. The summed E-state index contributed by atoms with van der Waals surface area (Å²) in [6, 6.07) is 4.62. The molecule has 2 N–H and O–H groups in total. The third kappa shape index (κ3) is 7.14. The van der Waals surface area contributed by atoms with Crippen LogP contribution in [0.25, 0.3) is 0 Å². The largest absolute Gasteiger partial charge is 0.497 e. The zero-order valence-electron chi connectivity index (χ0n) is 17.6. The van der Waals surface area contributed by atoms with Crippen LogP contribution in [0.2, 0.25) is 0 Å². The van der Waals surface area contributed by atoms with Gasteiger partial charge in [-0.05, 0) is 31.5 Å². The van der Waals surface area contributed by atoms with E-state index in [0.29, 0.717) is 37.0 Å². The number of alkyl halides is 2. The van der Waals surface area contributed by atoms with Gasteiger partial charge < -0.3 is 29.4 Å². The number of aromatic nitrogens is 3. The highest BCUT2D eigenvalue weighted by atomic mass is 19.3. The molecule has 11 heteroatoms. The van der Waals surface area contributed by atoms with E-state index in [4.69, 9.17) is 9.47 Å². The number of hydrogen-bond acceptors (Lipinski definition) is 6. The van der Waals surface area contributed by atoms with Gasteiger partial charge in [0.2, 0.25) is 0 Å². The number of aliphatic imine (C=N–C) groups is 1. The van der Waals surface area contributed by atoms with Gasteiger partial charge >= 0.3 is 6.61 Å². The predicted molar refractivity (Wildman–Crippen MR) is 108 cm³/mol. The first-order valence-electron chi connectivity index (χ1n) is 9.42. The molecule has 30 heavy (non-hydrogen) atoms. The van der Waals surface area contributed by atoms with Crippen LogP contribution >= 0.6 is 0 Å². The maximum absolute atomic E-state index is 12.7. The topological polar surface area (TPSA) is 94.8 Å². The van der Waals surface area contributed by atoms with E-state index in [1.54, 1.807) is 19.2 Å². The molecule has 0 amide bonds. The Morgan fingerprint density at radius 1 is 1.23 bits per heavy atom. The number of hydrogen-bond donors (Lipinski definition) is 2. The molecule has 2 aromatic rings. The van der Waals surface area contributed by atoms with Crippen molar-refractivity contribution in [2.45, 2.75) is 33.0 Å². The number of guanidine groups is 1. The monoisotopic (exact) mass is 426 g/mol. The second-order valence-electron chi connectivity index (χ2n) is 6.37. The lowest BCUT2D eigenvalue weighted by Gasteiger charge is -2.14. The number of rotatable bonds is 11.